The number of esters is 1. The van der Waals surface area contributed by atoms with Crippen LogP contribution < -0.4 is 0 Å². The van der Waals surface area contributed by atoms with Crippen LogP contribution in [-0.2, 0) is 9.53 Å². The third kappa shape index (κ3) is 3.17. The van der Waals surface area contributed by atoms with E-state index in [1.165, 1.54) is 37.3 Å². The fourth-order valence-electron chi connectivity index (χ4n) is 2.91. The minimum absolute atomic E-state index is 0.000644. The first kappa shape index (κ1) is 16.0. The third-order valence-electron chi connectivity index (χ3n) is 4.58. The molecular formula is C17H17ClN2O3S. The summed E-state index contributed by atoms with van der Waals surface area (Å²) in [5, 5.41) is 9.67. The molecule has 0 unspecified atom stereocenters. The van der Waals surface area contributed by atoms with Crippen molar-refractivity contribution >= 4 is 29.3 Å². The molecule has 0 spiro atoms. The average Bonchev–Trinajstić information content (AvgIpc) is 3.29. The summed E-state index contributed by atoms with van der Waals surface area (Å²) in [6.07, 6.45) is 4.05. The van der Waals surface area contributed by atoms with Crippen molar-refractivity contribution in [3.63, 3.8) is 0 Å². The molecule has 1 heterocycles. The van der Waals surface area contributed by atoms with E-state index in [0.717, 1.165) is 18.4 Å². The standard InChI is InChI=1S/C17H17ClN2O3S/c1-22-16(21)11-6-12(7-11)24-17-20-19-15(23-17)13-5-4-10(8-14(13)18)9-2-3-9/h4-5,8-9,11-12H,2-3,6-7H2,1H3/t11-,12-. The molecule has 1 aromatic carbocycles. The van der Waals surface area contributed by atoms with E-state index in [-0.39, 0.29) is 11.9 Å². The average molecular weight is 365 g/mol. The van der Waals surface area contributed by atoms with E-state index in [0.29, 0.717) is 27.3 Å². The maximum Gasteiger partial charge on any atom is 0.308 e. The van der Waals surface area contributed by atoms with Crippen LogP contribution in [0.1, 0.15) is 37.2 Å². The summed E-state index contributed by atoms with van der Waals surface area (Å²) in [6.45, 7) is 0. The first-order valence-electron chi connectivity index (χ1n) is 8.02. The van der Waals surface area contributed by atoms with Gasteiger partial charge in [-0.1, -0.05) is 29.4 Å². The molecule has 2 saturated carbocycles. The molecule has 0 amide bonds. The van der Waals surface area contributed by atoms with Gasteiger partial charge in [-0.15, -0.1) is 10.2 Å². The number of thioether (sulfide) groups is 1. The van der Waals surface area contributed by atoms with Crippen molar-refractivity contribution in [2.45, 2.75) is 42.1 Å². The Hall–Kier alpha value is -1.53. The van der Waals surface area contributed by atoms with Crippen molar-refractivity contribution in [2.75, 3.05) is 7.11 Å². The van der Waals surface area contributed by atoms with Crippen molar-refractivity contribution in [1.29, 1.82) is 0 Å². The predicted molar refractivity (Wildman–Crippen MR) is 91.1 cm³/mol. The first-order valence-corrected chi connectivity index (χ1v) is 9.27. The van der Waals surface area contributed by atoms with Gasteiger partial charge in [0.25, 0.3) is 5.22 Å². The Morgan fingerprint density at radius 1 is 1.33 bits per heavy atom. The van der Waals surface area contributed by atoms with Crippen molar-refractivity contribution in [3.8, 4) is 11.5 Å². The number of methoxy groups -OCH3 is 1. The predicted octanol–water partition coefficient (Wildman–Crippen LogP) is 4.31. The lowest BCUT2D eigenvalue weighted by Crippen LogP contribution is -2.33. The zero-order valence-corrected chi connectivity index (χ0v) is 14.8. The van der Waals surface area contributed by atoms with E-state index in [9.17, 15) is 4.79 Å². The van der Waals surface area contributed by atoms with Gasteiger partial charge in [0.1, 0.15) is 0 Å². The summed E-state index contributed by atoms with van der Waals surface area (Å²) in [7, 11) is 1.42. The van der Waals surface area contributed by atoms with Gasteiger partial charge in [0.15, 0.2) is 0 Å². The molecule has 7 heteroatoms. The van der Waals surface area contributed by atoms with Crippen molar-refractivity contribution in [2.24, 2.45) is 5.92 Å². The number of nitrogens with zero attached hydrogens (tertiary/aromatic N) is 2. The topological polar surface area (TPSA) is 65.2 Å². The summed E-state index contributed by atoms with van der Waals surface area (Å²) in [6, 6.07) is 6.04. The largest absolute Gasteiger partial charge is 0.469 e. The van der Waals surface area contributed by atoms with E-state index >= 15 is 0 Å². The van der Waals surface area contributed by atoms with Crippen LogP contribution in [0.4, 0.5) is 0 Å². The number of ether oxygens (including phenoxy) is 1. The molecule has 0 bridgehead atoms. The maximum atomic E-state index is 11.4. The normalized spacial score (nSPS) is 22.9. The van der Waals surface area contributed by atoms with E-state index in [1.807, 2.05) is 12.1 Å². The molecular weight excluding hydrogens is 348 g/mol. The lowest BCUT2D eigenvalue weighted by molar-refractivity contribution is -0.148. The number of aromatic nitrogens is 2. The van der Waals surface area contributed by atoms with E-state index in [2.05, 4.69) is 16.3 Å². The summed E-state index contributed by atoms with van der Waals surface area (Å²) < 4.78 is 10.5. The maximum absolute atomic E-state index is 11.4. The first-order chi connectivity index (χ1) is 11.6. The van der Waals surface area contributed by atoms with Crippen LogP contribution in [0.2, 0.25) is 5.02 Å². The van der Waals surface area contributed by atoms with Crippen LogP contribution in [0.25, 0.3) is 11.5 Å². The number of halogens is 1. The Morgan fingerprint density at radius 2 is 2.12 bits per heavy atom. The van der Waals surface area contributed by atoms with Gasteiger partial charge in [0, 0.05) is 5.25 Å². The highest BCUT2D eigenvalue weighted by Gasteiger charge is 2.37. The lowest BCUT2D eigenvalue weighted by Gasteiger charge is -2.31. The van der Waals surface area contributed by atoms with Crippen molar-refractivity contribution in [1.82, 2.24) is 10.2 Å². The molecule has 0 N–H and O–H groups in total. The molecule has 0 saturated heterocycles. The Balaban J connectivity index is 1.41. The van der Waals surface area contributed by atoms with Crippen LogP contribution in [0.3, 0.4) is 0 Å². The van der Waals surface area contributed by atoms with E-state index < -0.39 is 0 Å². The van der Waals surface area contributed by atoms with Gasteiger partial charge in [-0.05, 0) is 49.3 Å². The molecule has 2 aliphatic carbocycles. The number of hydrogen-bond donors (Lipinski definition) is 0. The number of hydrogen-bond acceptors (Lipinski definition) is 6. The van der Waals surface area contributed by atoms with E-state index in [4.69, 9.17) is 20.8 Å². The molecule has 1 aromatic heterocycles. The van der Waals surface area contributed by atoms with Gasteiger partial charge in [0.05, 0.1) is 23.6 Å². The van der Waals surface area contributed by atoms with Gasteiger partial charge < -0.3 is 9.15 Å². The fraction of sp³-hybridized carbons (Fsp3) is 0.471. The van der Waals surface area contributed by atoms with Crippen molar-refractivity contribution in [3.05, 3.63) is 28.8 Å². The summed E-state index contributed by atoms with van der Waals surface area (Å²) in [5.74, 6) is 0.959. The van der Waals surface area contributed by atoms with E-state index in [1.54, 1.807) is 0 Å². The van der Waals surface area contributed by atoms with Crippen LogP contribution in [0.15, 0.2) is 27.8 Å². The van der Waals surface area contributed by atoms with Gasteiger partial charge >= 0.3 is 5.97 Å². The van der Waals surface area contributed by atoms with Crippen LogP contribution in [0, 0.1) is 5.92 Å². The monoisotopic (exact) mass is 364 g/mol. The molecule has 2 fully saturated rings. The van der Waals surface area contributed by atoms with Gasteiger partial charge in [0.2, 0.25) is 5.89 Å². The molecule has 0 atom stereocenters. The zero-order chi connectivity index (χ0) is 16.7. The highest BCUT2D eigenvalue weighted by Crippen LogP contribution is 2.43. The Bertz CT molecular complexity index is 769. The second-order valence-electron chi connectivity index (χ2n) is 6.32. The quantitative estimate of drug-likeness (QED) is 0.736. The number of benzene rings is 1. The van der Waals surface area contributed by atoms with Crippen LogP contribution in [0.5, 0.6) is 0 Å². The third-order valence-corrected chi connectivity index (χ3v) is 5.97. The second kappa shape index (κ2) is 6.41. The van der Waals surface area contributed by atoms with Gasteiger partial charge in [-0.2, -0.15) is 0 Å². The Labute approximate surface area is 149 Å². The Kier molecular flexibility index (Phi) is 4.26. The molecule has 0 aliphatic heterocycles. The summed E-state index contributed by atoms with van der Waals surface area (Å²) >= 11 is 7.88. The second-order valence-corrected chi connectivity index (χ2v) is 7.98. The molecule has 2 aromatic rings. The molecule has 24 heavy (non-hydrogen) atoms. The van der Waals surface area contributed by atoms with Gasteiger partial charge in [-0.3, -0.25) is 4.79 Å². The molecule has 126 valence electrons. The summed E-state index contributed by atoms with van der Waals surface area (Å²) in [4.78, 5) is 11.4. The minimum Gasteiger partial charge on any atom is -0.469 e. The zero-order valence-electron chi connectivity index (χ0n) is 13.2. The summed E-state index contributed by atoms with van der Waals surface area (Å²) in [5.41, 5.74) is 2.04. The SMILES string of the molecule is COC(=O)[C@H]1C[C@H](Sc2nnc(-c3ccc(C4CC4)cc3Cl)o2)C1. The molecule has 0 radical (unpaired) electrons. The fourth-order valence-corrected chi connectivity index (χ4v) is 4.33. The van der Waals surface area contributed by atoms with Crippen molar-refractivity contribution < 1.29 is 13.9 Å². The number of carbonyl (C=O) groups excluding carboxylic acids is 1. The lowest BCUT2D eigenvalue weighted by atomic mass is 9.85. The minimum atomic E-state index is -0.138. The van der Waals surface area contributed by atoms with Crippen LogP contribution >= 0.6 is 23.4 Å². The molecule has 5 nitrogen and oxygen atoms in total. The molecule has 2 aliphatic rings. The smallest absolute Gasteiger partial charge is 0.308 e. The van der Waals surface area contributed by atoms with Crippen LogP contribution in [-0.4, -0.2) is 28.5 Å². The molecule has 4 rings (SSSR count). The number of rotatable bonds is 5. The number of carbonyl (C=O) groups is 1. The highest BCUT2D eigenvalue weighted by molar-refractivity contribution is 7.99. The van der Waals surface area contributed by atoms with Gasteiger partial charge in [-0.25, -0.2) is 0 Å². The highest BCUT2D eigenvalue weighted by atomic mass is 35.5. The Morgan fingerprint density at radius 3 is 2.79 bits per heavy atom.